The molecule has 2 atom stereocenters. The maximum Gasteiger partial charge on any atom is 0.0940 e. The largest absolute Gasteiger partial charge is 0.387 e. The predicted molar refractivity (Wildman–Crippen MR) is 60.3 cm³/mol. The number of benzene rings is 1. The molecule has 2 N–H and O–H groups in total. The molecule has 1 aromatic rings. The minimum absolute atomic E-state index is 0. The molecule has 0 aliphatic carbocycles. The maximum atomic E-state index is 9.73. The van der Waals surface area contributed by atoms with Crippen molar-refractivity contribution in [3.63, 3.8) is 0 Å². The smallest absolute Gasteiger partial charge is 0.0940 e. The van der Waals surface area contributed by atoms with Crippen molar-refractivity contribution < 1.29 is 5.11 Å². The lowest BCUT2D eigenvalue weighted by molar-refractivity contribution is 0.140. The molecule has 0 fully saturated rings. The molecule has 0 heterocycles. The van der Waals surface area contributed by atoms with E-state index in [0.717, 1.165) is 5.56 Å². The van der Waals surface area contributed by atoms with E-state index in [4.69, 9.17) is 0 Å². The Balaban J connectivity index is 0.00000144. The van der Waals surface area contributed by atoms with E-state index >= 15 is 0 Å². The van der Waals surface area contributed by atoms with Crippen molar-refractivity contribution in [2.75, 3.05) is 7.05 Å². The fraction of sp³-hybridized carbons (Fsp3) is 0.400. The highest BCUT2D eigenvalue weighted by atomic mass is 32.1. The number of nitrogens with one attached hydrogen (secondary N) is 1. The zero-order chi connectivity index (χ0) is 8.97. The topological polar surface area (TPSA) is 32.3 Å². The molecule has 0 aliphatic heterocycles. The van der Waals surface area contributed by atoms with Gasteiger partial charge in [0.15, 0.2) is 0 Å². The standard InChI is InChI=1S/C10H15NO.H2S/c1-8(11-2)10(12)9-6-4-3-5-7-9;/h3-8,10-12H,1-2H3;1H2/t8-,10-;/m0./s1. The van der Waals surface area contributed by atoms with Crippen LogP contribution in [0.25, 0.3) is 0 Å². The lowest BCUT2D eigenvalue weighted by Crippen LogP contribution is -2.28. The minimum atomic E-state index is -0.420. The summed E-state index contributed by atoms with van der Waals surface area (Å²) in [6.07, 6.45) is -0.420. The monoisotopic (exact) mass is 199 g/mol. The summed E-state index contributed by atoms with van der Waals surface area (Å²) >= 11 is 0. The Bertz CT molecular complexity index is 228. The third-order valence-corrected chi connectivity index (χ3v) is 2.07. The molecule has 0 aliphatic rings. The third-order valence-electron chi connectivity index (χ3n) is 2.07. The number of likely N-dealkylation sites (N-methyl/N-ethyl adjacent to an activating group) is 1. The second-order valence-corrected chi connectivity index (χ2v) is 2.93. The molecule has 13 heavy (non-hydrogen) atoms. The highest BCUT2D eigenvalue weighted by Gasteiger charge is 2.12. The fourth-order valence-corrected chi connectivity index (χ4v) is 1.10. The molecule has 1 aromatic carbocycles. The summed E-state index contributed by atoms with van der Waals surface area (Å²) < 4.78 is 0. The van der Waals surface area contributed by atoms with Crippen LogP contribution in [0.2, 0.25) is 0 Å². The third kappa shape index (κ3) is 3.38. The Kier molecular flexibility index (Phi) is 5.79. The summed E-state index contributed by atoms with van der Waals surface area (Å²) in [6, 6.07) is 9.76. The number of rotatable bonds is 3. The highest BCUT2D eigenvalue weighted by molar-refractivity contribution is 7.59. The van der Waals surface area contributed by atoms with Gasteiger partial charge in [0, 0.05) is 6.04 Å². The summed E-state index contributed by atoms with van der Waals surface area (Å²) in [5.41, 5.74) is 0.958. The van der Waals surface area contributed by atoms with Gasteiger partial charge in [0.05, 0.1) is 6.10 Å². The van der Waals surface area contributed by atoms with Gasteiger partial charge in [-0.1, -0.05) is 30.3 Å². The van der Waals surface area contributed by atoms with E-state index in [0.29, 0.717) is 0 Å². The van der Waals surface area contributed by atoms with Gasteiger partial charge in [-0.15, -0.1) is 0 Å². The molecule has 1 rings (SSSR count). The molecule has 0 unspecified atom stereocenters. The van der Waals surface area contributed by atoms with Gasteiger partial charge in [-0.05, 0) is 19.5 Å². The van der Waals surface area contributed by atoms with E-state index < -0.39 is 6.10 Å². The van der Waals surface area contributed by atoms with Crippen LogP contribution < -0.4 is 5.32 Å². The number of hydrogen-bond acceptors (Lipinski definition) is 2. The summed E-state index contributed by atoms with van der Waals surface area (Å²) in [6.45, 7) is 1.96. The lowest BCUT2D eigenvalue weighted by Gasteiger charge is -2.17. The Hall–Kier alpha value is -0.510. The second-order valence-electron chi connectivity index (χ2n) is 2.93. The number of hydrogen-bond donors (Lipinski definition) is 2. The first-order valence-electron chi connectivity index (χ1n) is 4.16. The van der Waals surface area contributed by atoms with Gasteiger partial charge in [0.25, 0.3) is 0 Å². The first-order valence-corrected chi connectivity index (χ1v) is 4.16. The quantitative estimate of drug-likeness (QED) is 0.772. The molecule has 0 radical (unpaired) electrons. The molecular weight excluding hydrogens is 182 g/mol. The van der Waals surface area contributed by atoms with Crippen LogP contribution >= 0.6 is 13.5 Å². The first kappa shape index (κ1) is 12.5. The number of aliphatic hydroxyl groups is 1. The summed E-state index contributed by atoms with van der Waals surface area (Å²) in [4.78, 5) is 0. The van der Waals surface area contributed by atoms with E-state index in [2.05, 4.69) is 5.32 Å². The molecule has 0 saturated carbocycles. The van der Waals surface area contributed by atoms with Gasteiger partial charge in [-0.25, -0.2) is 0 Å². The van der Waals surface area contributed by atoms with E-state index in [1.807, 2.05) is 44.3 Å². The van der Waals surface area contributed by atoms with Gasteiger partial charge in [-0.2, -0.15) is 13.5 Å². The van der Waals surface area contributed by atoms with Crippen LogP contribution in [-0.2, 0) is 0 Å². The van der Waals surface area contributed by atoms with Crippen molar-refractivity contribution in [1.82, 2.24) is 5.32 Å². The molecule has 2 nitrogen and oxygen atoms in total. The average Bonchev–Trinajstić information content (AvgIpc) is 2.17. The highest BCUT2D eigenvalue weighted by Crippen LogP contribution is 2.15. The van der Waals surface area contributed by atoms with Crippen molar-refractivity contribution in [2.45, 2.75) is 19.1 Å². The van der Waals surface area contributed by atoms with Crippen molar-refractivity contribution in [3.8, 4) is 0 Å². The molecule has 3 heteroatoms. The maximum absolute atomic E-state index is 9.73. The Labute approximate surface area is 86.4 Å². The summed E-state index contributed by atoms with van der Waals surface area (Å²) in [7, 11) is 1.84. The predicted octanol–water partition coefficient (Wildman–Crippen LogP) is 1.44. The van der Waals surface area contributed by atoms with E-state index in [-0.39, 0.29) is 19.5 Å². The molecule has 74 valence electrons. The van der Waals surface area contributed by atoms with Gasteiger partial charge in [-0.3, -0.25) is 0 Å². The van der Waals surface area contributed by atoms with E-state index in [1.165, 1.54) is 0 Å². The molecule has 0 amide bonds. The van der Waals surface area contributed by atoms with Crippen molar-refractivity contribution in [1.29, 1.82) is 0 Å². The average molecular weight is 199 g/mol. The van der Waals surface area contributed by atoms with E-state index in [1.54, 1.807) is 0 Å². The summed E-state index contributed by atoms with van der Waals surface area (Å²) in [5, 5.41) is 12.7. The van der Waals surface area contributed by atoms with Gasteiger partial charge < -0.3 is 10.4 Å². The normalized spacial score (nSPS) is 14.4. The second kappa shape index (κ2) is 6.02. The van der Waals surface area contributed by atoms with Crippen LogP contribution in [0, 0.1) is 0 Å². The molecule has 0 aromatic heterocycles. The molecular formula is C10H17NOS. The van der Waals surface area contributed by atoms with Crippen molar-refractivity contribution >= 4 is 13.5 Å². The van der Waals surface area contributed by atoms with Gasteiger partial charge in [0.2, 0.25) is 0 Å². The molecule has 0 spiro atoms. The van der Waals surface area contributed by atoms with Crippen LogP contribution in [-0.4, -0.2) is 18.2 Å². The van der Waals surface area contributed by atoms with Crippen molar-refractivity contribution in [3.05, 3.63) is 35.9 Å². The Morgan fingerprint density at radius 1 is 1.23 bits per heavy atom. The van der Waals surface area contributed by atoms with Crippen LogP contribution in [0.3, 0.4) is 0 Å². The zero-order valence-corrected chi connectivity index (χ0v) is 8.99. The Morgan fingerprint density at radius 2 is 1.77 bits per heavy atom. The van der Waals surface area contributed by atoms with E-state index in [9.17, 15) is 5.11 Å². The molecule has 0 saturated heterocycles. The van der Waals surface area contributed by atoms with Crippen LogP contribution in [0.4, 0.5) is 0 Å². The lowest BCUT2D eigenvalue weighted by atomic mass is 10.0. The fourth-order valence-electron chi connectivity index (χ4n) is 1.10. The van der Waals surface area contributed by atoms with Crippen LogP contribution in [0.5, 0.6) is 0 Å². The van der Waals surface area contributed by atoms with Crippen molar-refractivity contribution in [2.24, 2.45) is 0 Å². The van der Waals surface area contributed by atoms with Crippen LogP contribution in [0.15, 0.2) is 30.3 Å². The zero-order valence-electron chi connectivity index (χ0n) is 7.99. The molecule has 0 bridgehead atoms. The minimum Gasteiger partial charge on any atom is -0.387 e. The van der Waals surface area contributed by atoms with Gasteiger partial charge in [0.1, 0.15) is 0 Å². The summed E-state index contributed by atoms with van der Waals surface area (Å²) in [5.74, 6) is 0. The van der Waals surface area contributed by atoms with Gasteiger partial charge >= 0.3 is 0 Å². The number of aliphatic hydroxyl groups excluding tert-OH is 1. The van der Waals surface area contributed by atoms with Crippen LogP contribution in [0.1, 0.15) is 18.6 Å². The Morgan fingerprint density at radius 3 is 2.23 bits per heavy atom. The SMILES string of the molecule is CN[C@@H](C)[C@H](O)c1ccccc1.S. The first-order chi connectivity index (χ1) is 5.75.